The van der Waals surface area contributed by atoms with E-state index in [1.165, 1.54) is 0 Å². The number of hydrogen-bond donors (Lipinski definition) is 0. The van der Waals surface area contributed by atoms with Gasteiger partial charge in [-0.15, -0.1) is 0 Å². The molecule has 1 saturated heterocycles. The molecule has 1 aromatic carbocycles. The van der Waals surface area contributed by atoms with Crippen LogP contribution in [0.5, 0.6) is 0 Å². The molecule has 0 saturated carbocycles. The van der Waals surface area contributed by atoms with Gasteiger partial charge in [-0.2, -0.15) is 4.98 Å². The summed E-state index contributed by atoms with van der Waals surface area (Å²) in [5.41, 5.74) is -0.0643. The molecule has 5 nitrogen and oxygen atoms in total. The van der Waals surface area contributed by atoms with Crippen LogP contribution in [0.1, 0.15) is 18.4 Å². The molecular formula is C17H17F3N4O. The van der Waals surface area contributed by atoms with Gasteiger partial charge in [-0.25, -0.2) is 18.0 Å². The van der Waals surface area contributed by atoms with Crippen molar-refractivity contribution < 1.29 is 13.2 Å². The van der Waals surface area contributed by atoms with Gasteiger partial charge in [-0.3, -0.25) is 4.57 Å². The molecule has 0 amide bonds. The summed E-state index contributed by atoms with van der Waals surface area (Å²) in [4.78, 5) is 20.2. The second kappa shape index (κ2) is 5.79. The highest BCUT2D eigenvalue weighted by Crippen LogP contribution is 2.33. The molecule has 8 heteroatoms. The third-order valence-electron chi connectivity index (χ3n) is 4.90. The van der Waals surface area contributed by atoms with Crippen molar-refractivity contribution in [3.8, 4) is 0 Å². The first-order valence-electron chi connectivity index (χ1n) is 8.17. The summed E-state index contributed by atoms with van der Waals surface area (Å²) in [6, 6.07) is 4.07. The average molecular weight is 350 g/mol. The van der Waals surface area contributed by atoms with Crippen LogP contribution in [-0.4, -0.2) is 29.2 Å². The van der Waals surface area contributed by atoms with Gasteiger partial charge in [0.15, 0.2) is 17.5 Å². The van der Waals surface area contributed by atoms with Crippen molar-refractivity contribution in [2.75, 3.05) is 23.4 Å². The summed E-state index contributed by atoms with van der Waals surface area (Å²) < 4.78 is 41.5. The van der Waals surface area contributed by atoms with Gasteiger partial charge < -0.3 is 9.80 Å². The number of anilines is 2. The van der Waals surface area contributed by atoms with Gasteiger partial charge in [0, 0.05) is 38.8 Å². The molecule has 25 heavy (non-hydrogen) atoms. The highest BCUT2D eigenvalue weighted by atomic mass is 19.2. The van der Waals surface area contributed by atoms with Crippen molar-refractivity contribution in [2.45, 2.75) is 32.0 Å². The molecule has 0 radical (unpaired) electrons. The van der Waals surface area contributed by atoms with Gasteiger partial charge in [-0.1, -0.05) is 0 Å². The minimum Gasteiger partial charge on any atom is -0.355 e. The van der Waals surface area contributed by atoms with Crippen molar-refractivity contribution in [3.63, 3.8) is 0 Å². The van der Waals surface area contributed by atoms with Crippen molar-refractivity contribution in [3.05, 3.63) is 51.7 Å². The second-order valence-electron chi connectivity index (χ2n) is 6.58. The van der Waals surface area contributed by atoms with E-state index in [2.05, 4.69) is 9.88 Å². The van der Waals surface area contributed by atoms with Gasteiger partial charge in [0.1, 0.15) is 11.6 Å². The molecule has 1 aromatic heterocycles. The molecule has 2 aromatic rings. The van der Waals surface area contributed by atoms with Crippen molar-refractivity contribution in [1.82, 2.24) is 9.55 Å². The minimum absolute atomic E-state index is 0.105. The molecule has 132 valence electrons. The highest BCUT2D eigenvalue weighted by molar-refractivity contribution is 5.54. The lowest BCUT2D eigenvalue weighted by molar-refractivity contribution is 0.445. The van der Waals surface area contributed by atoms with E-state index in [-0.39, 0.29) is 17.8 Å². The molecule has 0 aliphatic carbocycles. The van der Waals surface area contributed by atoms with E-state index in [4.69, 9.17) is 0 Å². The van der Waals surface area contributed by atoms with Crippen LogP contribution in [0.3, 0.4) is 0 Å². The van der Waals surface area contributed by atoms with Gasteiger partial charge in [0.25, 0.3) is 0 Å². The standard InChI is InChI=1S/C17H17F3N4O/c1-22(8-10-5-12(18)16(20)13(19)6-10)14-7-15-23-4-2-3-11(23)9-24(15)17(25)21-14/h5-7,11H,2-4,8-9H2,1H3/t11-/m0/s1. The average Bonchev–Trinajstić information content (AvgIpc) is 3.14. The fourth-order valence-electron chi connectivity index (χ4n) is 3.68. The lowest BCUT2D eigenvalue weighted by Gasteiger charge is -2.21. The zero-order valence-electron chi connectivity index (χ0n) is 13.7. The number of rotatable bonds is 3. The Hall–Kier alpha value is -2.51. The zero-order valence-corrected chi connectivity index (χ0v) is 13.7. The number of aromatic nitrogens is 2. The van der Waals surface area contributed by atoms with Gasteiger partial charge in [0.05, 0.1) is 0 Å². The first kappa shape index (κ1) is 16.0. The van der Waals surface area contributed by atoms with Crippen LogP contribution in [0, 0.1) is 17.5 Å². The molecule has 0 bridgehead atoms. The molecule has 3 heterocycles. The van der Waals surface area contributed by atoms with Gasteiger partial charge >= 0.3 is 5.69 Å². The molecule has 1 atom stereocenters. The molecule has 0 spiro atoms. The molecule has 4 rings (SSSR count). The maximum Gasteiger partial charge on any atom is 0.351 e. The van der Waals surface area contributed by atoms with Crippen LogP contribution < -0.4 is 15.5 Å². The summed E-state index contributed by atoms with van der Waals surface area (Å²) in [6.45, 7) is 1.67. The lowest BCUT2D eigenvalue weighted by Crippen LogP contribution is -2.27. The first-order chi connectivity index (χ1) is 11.9. The third-order valence-corrected chi connectivity index (χ3v) is 4.90. The van der Waals surface area contributed by atoms with Crippen LogP contribution in [0.2, 0.25) is 0 Å². The molecule has 0 unspecified atom stereocenters. The Balaban J connectivity index is 1.63. The molecular weight excluding hydrogens is 333 g/mol. The first-order valence-corrected chi connectivity index (χ1v) is 8.17. The lowest BCUT2D eigenvalue weighted by atomic mass is 10.2. The minimum atomic E-state index is -1.49. The fourth-order valence-corrected chi connectivity index (χ4v) is 3.68. The summed E-state index contributed by atoms with van der Waals surface area (Å²) >= 11 is 0. The normalized spacial score (nSPS) is 18.4. The number of benzene rings is 1. The molecule has 2 aliphatic rings. The van der Waals surface area contributed by atoms with Crippen LogP contribution >= 0.6 is 0 Å². The zero-order chi connectivity index (χ0) is 17.7. The summed E-state index contributed by atoms with van der Waals surface area (Å²) in [6.07, 6.45) is 2.15. The number of hydrogen-bond acceptors (Lipinski definition) is 4. The van der Waals surface area contributed by atoms with Crippen LogP contribution in [-0.2, 0) is 13.1 Å². The predicted octanol–water partition coefficient (Wildman–Crippen LogP) is 2.28. The number of nitrogens with zero attached hydrogens (tertiary/aromatic N) is 4. The monoisotopic (exact) mass is 350 g/mol. The maximum absolute atomic E-state index is 13.4. The van der Waals surface area contributed by atoms with Crippen LogP contribution in [0.25, 0.3) is 0 Å². The maximum atomic E-state index is 13.4. The Morgan fingerprint density at radius 2 is 1.96 bits per heavy atom. The Bertz CT molecular complexity index is 875. The molecule has 0 N–H and O–H groups in total. The smallest absolute Gasteiger partial charge is 0.351 e. The van der Waals surface area contributed by atoms with E-state index in [1.807, 2.05) is 6.07 Å². The summed E-state index contributed by atoms with van der Waals surface area (Å²) in [7, 11) is 1.68. The van der Waals surface area contributed by atoms with Crippen molar-refractivity contribution >= 4 is 11.6 Å². The van der Waals surface area contributed by atoms with E-state index in [0.29, 0.717) is 18.4 Å². The van der Waals surface area contributed by atoms with E-state index < -0.39 is 17.5 Å². The number of halogens is 3. The molecule has 2 aliphatic heterocycles. The second-order valence-corrected chi connectivity index (χ2v) is 6.58. The van der Waals surface area contributed by atoms with E-state index in [9.17, 15) is 18.0 Å². The fraction of sp³-hybridized carbons (Fsp3) is 0.412. The van der Waals surface area contributed by atoms with Gasteiger partial charge in [0.2, 0.25) is 0 Å². The predicted molar refractivity (Wildman–Crippen MR) is 87.3 cm³/mol. The number of fused-ring (bicyclic) bond motifs is 3. The van der Waals surface area contributed by atoms with E-state index in [1.54, 1.807) is 16.5 Å². The summed E-state index contributed by atoms with van der Waals surface area (Å²) in [5, 5.41) is 0. The highest BCUT2D eigenvalue weighted by Gasteiger charge is 2.34. The summed E-state index contributed by atoms with van der Waals surface area (Å²) in [5.74, 6) is -2.69. The van der Waals surface area contributed by atoms with E-state index >= 15 is 0 Å². The quantitative estimate of drug-likeness (QED) is 0.797. The SMILES string of the molecule is CN(Cc1cc(F)c(F)c(F)c1)c1cc2n(c(=O)n1)C[C@@H]1CCCN21. The van der Waals surface area contributed by atoms with Crippen molar-refractivity contribution in [2.24, 2.45) is 0 Å². The van der Waals surface area contributed by atoms with E-state index in [0.717, 1.165) is 37.3 Å². The van der Waals surface area contributed by atoms with Crippen LogP contribution in [0.4, 0.5) is 24.8 Å². The van der Waals surface area contributed by atoms with Crippen molar-refractivity contribution in [1.29, 1.82) is 0 Å². The Morgan fingerprint density at radius 3 is 2.68 bits per heavy atom. The Labute approximate surface area is 142 Å². The largest absolute Gasteiger partial charge is 0.355 e. The van der Waals surface area contributed by atoms with Gasteiger partial charge in [-0.05, 0) is 30.5 Å². The Kier molecular flexibility index (Phi) is 3.70. The molecule has 1 fully saturated rings. The Morgan fingerprint density at radius 1 is 1.24 bits per heavy atom. The third kappa shape index (κ3) is 2.65. The topological polar surface area (TPSA) is 41.4 Å². The van der Waals surface area contributed by atoms with Crippen LogP contribution in [0.15, 0.2) is 23.0 Å².